The number of piperidine rings is 1. The van der Waals surface area contributed by atoms with Crippen molar-refractivity contribution in [3.05, 3.63) is 59.0 Å². The van der Waals surface area contributed by atoms with Gasteiger partial charge < -0.3 is 15.8 Å². The van der Waals surface area contributed by atoms with Gasteiger partial charge in [-0.2, -0.15) is 5.10 Å². The first-order chi connectivity index (χ1) is 20.5. The predicted octanol–water partition coefficient (Wildman–Crippen LogP) is 5.52. The summed E-state index contributed by atoms with van der Waals surface area (Å²) < 4.78 is 50.2. The second-order valence-corrected chi connectivity index (χ2v) is 11.1. The van der Waals surface area contributed by atoms with Gasteiger partial charge in [0.2, 0.25) is 5.88 Å². The second-order valence-electron chi connectivity index (χ2n) is 10.7. The van der Waals surface area contributed by atoms with Crippen LogP contribution in [0.1, 0.15) is 37.4 Å². The summed E-state index contributed by atoms with van der Waals surface area (Å²) in [5.41, 5.74) is 8.98. The number of likely N-dealkylation sites (tertiary alicyclic amines) is 1. The van der Waals surface area contributed by atoms with E-state index in [1.54, 1.807) is 36.3 Å². The monoisotopic (exact) mass is 615 g/mol. The number of nitrogen functional groups attached to an aromatic ring is 1. The average Bonchev–Trinajstić information content (AvgIpc) is 3.22. The summed E-state index contributed by atoms with van der Waals surface area (Å²) in [5, 5.41) is 8.01. The number of hydrogen-bond acceptors (Lipinski definition) is 9. The molecule has 1 aliphatic heterocycles. The van der Waals surface area contributed by atoms with Crippen LogP contribution in [0.5, 0.6) is 5.88 Å². The van der Waals surface area contributed by atoms with E-state index in [-0.39, 0.29) is 42.9 Å². The fourth-order valence-electron chi connectivity index (χ4n) is 5.01. The van der Waals surface area contributed by atoms with Crippen LogP contribution in [0.4, 0.5) is 24.7 Å². The number of rotatable bonds is 10. The van der Waals surface area contributed by atoms with Crippen molar-refractivity contribution in [2.24, 2.45) is 7.05 Å². The SMILES string of the molecule is Cc1nn(C)c(O[C@@H](C)CCNc2cc(Cl)ncc2-c2ncc(CN3CCC(F)(F)CC3)cc2F)c1-c1nccc(N)n1. The fourth-order valence-corrected chi connectivity index (χ4v) is 5.16. The number of aryl methyl sites for hydroxylation is 2. The Morgan fingerprint density at radius 3 is 2.65 bits per heavy atom. The lowest BCUT2D eigenvalue weighted by Crippen LogP contribution is -2.38. The summed E-state index contributed by atoms with van der Waals surface area (Å²) in [6.07, 6.45) is 4.56. The molecule has 1 atom stereocenters. The summed E-state index contributed by atoms with van der Waals surface area (Å²) in [4.78, 5) is 19.0. The summed E-state index contributed by atoms with van der Waals surface area (Å²) in [7, 11) is 1.78. The van der Waals surface area contributed by atoms with Crippen molar-refractivity contribution in [3.8, 4) is 28.5 Å². The quantitative estimate of drug-likeness (QED) is 0.222. The van der Waals surface area contributed by atoms with Crippen LogP contribution in [0.2, 0.25) is 5.15 Å². The number of ether oxygens (including phenoxy) is 1. The standard InChI is InChI=1S/C29H33ClF3N9O/c1-17(43-28-25(18(2)40-41(28)3)27-36-9-5-24(34)39-27)4-8-35-22-13-23(30)37-15-20(22)26-21(31)12-19(14-38-26)16-42-10-6-29(32,33)7-11-42/h5,9,12-15,17H,4,6-8,10-11,16H2,1-3H3,(H,35,37)(H2,34,36,39)/t17-/m0/s1. The number of nitrogens with zero attached hydrogens (tertiary/aromatic N) is 7. The Morgan fingerprint density at radius 2 is 1.93 bits per heavy atom. The molecule has 3 N–H and O–H groups in total. The third-order valence-corrected chi connectivity index (χ3v) is 7.47. The first-order valence-electron chi connectivity index (χ1n) is 13.9. The van der Waals surface area contributed by atoms with Crippen molar-refractivity contribution in [3.63, 3.8) is 0 Å². The Morgan fingerprint density at radius 1 is 1.16 bits per heavy atom. The van der Waals surface area contributed by atoms with Gasteiger partial charge in [0.25, 0.3) is 5.92 Å². The van der Waals surface area contributed by atoms with Gasteiger partial charge in [-0.15, -0.1) is 0 Å². The van der Waals surface area contributed by atoms with Gasteiger partial charge >= 0.3 is 0 Å². The van der Waals surface area contributed by atoms with E-state index >= 15 is 4.39 Å². The Labute approximate surface area is 252 Å². The van der Waals surface area contributed by atoms with Crippen molar-refractivity contribution in [1.29, 1.82) is 0 Å². The smallest absolute Gasteiger partial charge is 0.250 e. The van der Waals surface area contributed by atoms with E-state index < -0.39 is 11.7 Å². The molecule has 4 aromatic rings. The normalized spacial score (nSPS) is 15.8. The number of alkyl halides is 2. The van der Waals surface area contributed by atoms with Gasteiger partial charge in [-0.1, -0.05) is 11.6 Å². The van der Waals surface area contributed by atoms with E-state index in [4.69, 9.17) is 22.1 Å². The molecule has 14 heteroatoms. The zero-order valence-corrected chi connectivity index (χ0v) is 24.9. The van der Waals surface area contributed by atoms with Crippen LogP contribution in [-0.4, -0.2) is 66.3 Å². The van der Waals surface area contributed by atoms with E-state index in [9.17, 15) is 8.78 Å². The molecule has 1 aliphatic rings. The van der Waals surface area contributed by atoms with Crippen molar-refractivity contribution >= 4 is 23.1 Å². The highest BCUT2D eigenvalue weighted by molar-refractivity contribution is 6.29. The van der Waals surface area contributed by atoms with Gasteiger partial charge in [0.1, 0.15) is 28.0 Å². The van der Waals surface area contributed by atoms with Gasteiger partial charge in [-0.3, -0.25) is 9.88 Å². The molecule has 0 aromatic carbocycles. The maximum absolute atomic E-state index is 15.3. The number of aromatic nitrogens is 6. The zero-order valence-electron chi connectivity index (χ0n) is 24.1. The van der Waals surface area contributed by atoms with Gasteiger partial charge in [-0.25, -0.2) is 32.8 Å². The molecule has 0 unspecified atom stereocenters. The number of pyridine rings is 2. The first kappa shape index (κ1) is 30.5. The van der Waals surface area contributed by atoms with Gasteiger partial charge in [0.05, 0.1) is 11.8 Å². The molecule has 0 amide bonds. The number of nitrogens with one attached hydrogen (secondary N) is 1. The molecule has 5 rings (SSSR count). The Balaban J connectivity index is 1.25. The van der Waals surface area contributed by atoms with Crippen LogP contribution < -0.4 is 15.8 Å². The topological polar surface area (TPSA) is 120 Å². The number of hydrogen-bond donors (Lipinski definition) is 2. The lowest BCUT2D eigenvalue weighted by Gasteiger charge is -2.31. The molecule has 43 heavy (non-hydrogen) atoms. The summed E-state index contributed by atoms with van der Waals surface area (Å²) >= 11 is 6.17. The summed E-state index contributed by atoms with van der Waals surface area (Å²) in [5.74, 6) is -1.87. The molecule has 0 saturated carbocycles. The Hall–Kier alpha value is -3.97. The van der Waals surface area contributed by atoms with Crippen LogP contribution in [0.3, 0.4) is 0 Å². The lowest BCUT2D eigenvalue weighted by molar-refractivity contribution is -0.0566. The van der Waals surface area contributed by atoms with Crippen LogP contribution in [0.15, 0.2) is 36.8 Å². The molecule has 228 valence electrons. The van der Waals surface area contributed by atoms with Gasteiger partial charge in [0, 0.05) is 82.3 Å². The summed E-state index contributed by atoms with van der Waals surface area (Å²) in [6, 6.07) is 4.62. The van der Waals surface area contributed by atoms with Crippen LogP contribution in [0.25, 0.3) is 22.6 Å². The van der Waals surface area contributed by atoms with Crippen molar-refractivity contribution in [1.82, 2.24) is 34.6 Å². The lowest BCUT2D eigenvalue weighted by atomic mass is 10.1. The van der Waals surface area contributed by atoms with Gasteiger partial charge in [-0.05, 0) is 37.6 Å². The maximum atomic E-state index is 15.3. The minimum absolute atomic E-state index is 0.113. The number of anilines is 2. The van der Waals surface area contributed by atoms with E-state index in [0.29, 0.717) is 65.1 Å². The highest BCUT2D eigenvalue weighted by Gasteiger charge is 2.34. The molecule has 1 fully saturated rings. The number of halogens is 4. The Kier molecular flexibility index (Phi) is 9.02. The molecule has 0 aliphatic carbocycles. The van der Waals surface area contributed by atoms with Crippen LogP contribution in [-0.2, 0) is 13.6 Å². The van der Waals surface area contributed by atoms with Crippen LogP contribution >= 0.6 is 11.6 Å². The number of nitrogens with two attached hydrogens (primary N) is 1. The highest BCUT2D eigenvalue weighted by atomic mass is 35.5. The van der Waals surface area contributed by atoms with E-state index in [1.807, 2.05) is 18.7 Å². The molecule has 1 saturated heterocycles. The first-order valence-corrected chi connectivity index (χ1v) is 14.3. The molecule has 0 bridgehead atoms. The molecular weight excluding hydrogens is 583 g/mol. The third kappa shape index (κ3) is 7.34. The maximum Gasteiger partial charge on any atom is 0.250 e. The third-order valence-electron chi connectivity index (χ3n) is 7.27. The van der Waals surface area contributed by atoms with E-state index in [0.717, 1.165) is 0 Å². The molecule has 0 spiro atoms. The second kappa shape index (κ2) is 12.7. The van der Waals surface area contributed by atoms with E-state index in [1.165, 1.54) is 12.3 Å². The minimum Gasteiger partial charge on any atom is -0.474 e. The van der Waals surface area contributed by atoms with Crippen LogP contribution in [0, 0.1) is 12.7 Å². The molecule has 5 heterocycles. The van der Waals surface area contributed by atoms with Crippen molar-refractivity contribution < 1.29 is 17.9 Å². The molecule has 0 radical (unpaired) electrons. The zero-order chi connectivity index (χ0) is 30.7. The molecule has 4 aromatic heterocycles. The van der Waals surface area contributed by atoms with Gasteiger partial charge in [0.15, 0.2) is 5.82 Å². The molecule has 10 nitrogen and oxygen atoms in total. The van der Waals surface area contributed by atoms with E-state index in [2.05, 4.69) is 30.4 Å². The average molecular weight is 616 g/mol. The largest absolute Gasteiger partial charge is 0.474 e. The fraction of sp³-hybridized carbons (Fsp3) is 0.414. The summed E-state index contributed by atoms with van der Waals surface area (Å²) in [6.45, 7) is 5.11. The van der Waals surface area contributed by atoms with Crippen molar-refractivity contribution in [2.45, 2.75) is 51.7 Å². The minimum atomic E-state index is -2.63. The highest BCUT2D eigenvalue weighted by Crippen LogP contribution is 2.33. The van der Waals surface area contributed by atoms with Crippen molar-refractivity contribution in [2.75, 3.05) is 30.7 Å². The molecular formula is C29H33ClF3N9O. The Bertz CT molecular complexity index is 1590. The predicted molar refractivity (Wildman–Crippen MR) is 158 cm³/mol.